The summed E-state index contributed by atoms with van der Waals surface area (Å²) < 4.78 is 39.6. The number of amides is 1. The molecule has 0 radical (unpaired) electrons. The molecule has 22 heavy (non-hydrogen) atoms. The van der Waals surface area contributed by atoms with Gasteiger partial charge in [0, 0.05) is 12.1 Å². The van der Waals surface area contributed by atoms with Crippen LogP contribution in [-0.2, 0) is 21.4 Å². The second-order valence-electron chi connectivity index (χ2n) is 4.25. The summed E-state index contributed by atoms with van der Waals surface area (Å²) >= 11 is 6.57. The average Bonchev–Trinajstić information content (AvgIpc) is 2.92. The van der Waals surface area contributed by atoms with Crippen LogP contribution in [0.15, 0.2) is 40.6 Å². The molecule has 0 spiro atoms. The van der Waals surface area contributed by atoms with Gasteiger partial charge in [-0.1, -0.05) is 29.8 Å². The van der Waals surface area contributed by atoms with Crippen molar-refractivity contribution in [2.24, 2.45) is 0 Å². The van der Waals surface area contributed by atoms with Crippen molar-refractivity contribution in [3.63, 3.8) is 0 Å². The molecule has 2 aromatic rings. The SMILES string of the molecule is O=C(CNS(=O)(=O)c1ccc(Cl)s1)NCc1ccccc1F. The van der Waals surface area contributed by atoms with Gasteiger partial charge in [-0.2, -0.15) is 0 Å². The lowest BCUT2D eigenvalue weighted by atomic mass is 10.2. The molecule has 0 aliphatic heterocycles. The van der Waals surface area contributed by atoms with Gasteiger partial charge < -0.3 is 5.32 Å². The summed E-state index contributed by atoms with van der Waals surface area (Å²) in [6.45, 7) is -0.454. The maximum atomic E-state index is 13.4. The molecule has 1 heterocycles. The highest BCUT2D eigenvalue weighted by Gasteiger charge is 2.17. The van der Waals surface area contributed by atoms with Crippen LogP contribution < -0.4 is 10.0 Å². The van der Waals surface area contributed by atoms with Crippen molar-refractivity contribution in [2.45, 2.75) is 10.8 Å². The fourth-order valence-corrected chi connectivity index (χ4v) is 4.08. The Morgan fingerprint density at radius 1 is 1.23 bits per heavy atom. The molecule has 2 N–H and O–H groups in total. The van der Waals surface area contributed by atoms with Crippen LogP contribution in [0.2, 0.25) is 4.34 Å². The smallest absolute Gasteiger partial charge is 0.250 e. The minimum absolute atomic E-state index is 0.0158. The molecule has 0 fully saturated rings. The van der Waals surface area contributed by atoms with Crippen molar-refractivity contribution < 1.29 is 17.6 Å². The molecule has 0 unspecified atom stereocenters. The first kappa shape index (κ1) is 16.9. The molecule has 9 heteroatoms. The van der Waals surface area contributed by atoms with E-state index in [1.165, 1.54) is 24.3 Å². The molecule has 0 bridgehead atoms. The van der Waals surface area contributed by atoms with Crippen LogP contribution in [0.4, 0.5) is 4.39 Å². The van der Waals surface area contributed by atoms with E-state index in [2.05, 4.69) is 10.0 Å². The molecule has 0 aliphatic rings. The number of halogens is 2. The van der Waals surface area contributed by atoms with E-state index in [-0.39, 0.29) is 10.8 Å². The monoisotopic (exact) mass is 362 g/mol. The van der Waals surface area contributed by atoms with E-state index in [4.69, 9.17) is 11.6 Å². The number of thiophene rings is 1. The molecular formula is C13H12ClFN2O3S2. The van der Waals surface area contributed by atoms with Gasteiger partial charge in [-0.15, -0.1) is 11.3 Å². The minimum atomic E-state index is -3.78. The Bertz CT molecular complexity index is 777. The Balaban J connectivity index is 1.87. The maximum absolute atomic E-state index is 13.4. The van der Waals surface area contributed by atoms with Crippen LogP contribution in [0, 0.1) is 5.82 Å². The van der Waals surface area contributed by atoms with Crippen molar-refractivity contribution >= 4 is 38.9 Å². The molecule has 1 aromatic carbocycles. The van der Waals surface area contributed by atoms with Crippen LogP contribution in [0.3, 0.4) is 0 Å². The molecule has 5 nitrogen and oxygen atoms in total. The van der Waals surface area contributed by atoms with Crippen molar-refractivity contribution in [3.8, 4) is 0 Å². The van der Waals surface area contributed by atoms with Crippen LogP contribution in [0.5, 0.6) is 0 Å². The molecule has 0 atom stereocenters. The van der Waals surface area contributed by atoms with Crippen LogP contribution in [-0.4, -0.2) is 20.9 Å². The zero-order valence-electron chi connectivity index (χ0n) is 11.2. The summed E-state index contributed by atoms with van der Waals surface area (Å²) in [5, 5.41) is 2.44. The third-order valence-corrected chi connectivity index (χ3v) is 5.79. The Morgan fingerprint density at radius 2 is 1.95 bits per heavy atom. The number of rotatable bonds is 6. The molecule has 2 rings (SSSR count). The standard InChI is InChI=1S/C13H12ClFN2O3S2/c14-11-5-6-13(21-11)22(19,20)17-8-12(18)16-7-9-3-1-2-4-10(9)15/h1-6,17H,7-8H2,(H,16,18). The van der Waals surface area contributed by atoms with Gasteiger partial charge in [0.2, 0.25) is 5.91 Å². The molecule has 0 saturated carbocycles. The summed E-state index contributed by atoms with van der Waals surface area (Å²) in [5.74, 6) is -0.994. The zero-order valence-corrected chi connectivity index (χ0v) is 13.6. The Labute approximate surface area is 136 Å². The fourth-order valence-electron chi connectivity index (χ4n) is 1.57. The molecule has 1 amide bonds. The molecule has 118 valence electrons. The summed E-state index contributed by atoms with van der Waals surface area (Å²) in [5.41, 5.74) is 0.323. The van der Waals surface area contributed by atoms with Crippen molar-refractivity contribution in [1.29, 1.82) is 0 Å². The van der Waals surface area contributed by atoms with Gasteiger partial charge in [0.05, 0.1) is 10.9 Å². The van der Waals surface area contributed by atoms with Crippen molar-refractivity contribution in [2.75, 3.05) is 6.54 Å². The minimum Gasteiger partial charge on any atom is -0.351 e. The number of carbonyl (C=O) groups excluding carboxylic acids is 1. The van der Waals surface area contributed by atoms with Crippen molar-refractivity contribution in [3.05, 3.63) is 52.1 Å². The number of hydrogen-bond donors (Lipinski definition) is 2. The highest BCUT2D eigenvalue weighted by Crippen LogP contribution is 2.25. The largest absolute Gasteiger partial charge is 0.351 e. The maximum Gasteiger partial charge on any atom is 0.250 e. The van der Waals surface area contributed by atoms with Gasteiger partial charge in [0.1, 0.15) is 10.0 Å². The van der Waals surface area contributed by atoms with Gasteiger partial charge in [0.25, 0.3) is 10.0 Å². The normalized spacial score (nSPS) is 11.4. The van der Waals surface area contributed by atoms with Crippen LogP contribution >= 0.6 is 22.9 Å². The van der Waals surface area contributed by atoms with E-state index >= 15 is 0 Å². The number of nitrogens with one attached hydrogen (secondary N) is 2. The predicted molar refractivity (Wildman–Crippen MR) is 82.8 cm³/mol. The summed E-state index contributed by atoms with van der Waals surface area (Å²) in [7, 11) is -3.78. The number of sulfonamides is 1. The van der Waals surface area contributed by atoms with Crippen molar-refractivity contribution in [1.82, 2.24) is 10.0 Å². The number of hydrogen-bond acceptors (Lipinski definition) is 4. The fraction of sp³-hybridized carbons (Fsp3) is 0.154. The molecule has 0 saturated heterocycles. The van der Waals surface area contributed by atoms with E-state index in [1.54, 1.807) is 12.1 Å². The van der Waals surface area contributed by atoms with Gasteiger partial charge >= 0.3 is 0 Å². The van der Waals surface area contributed by atoms with Gasteiger partial charge in [-0.25, -0.2) is 17.5 Å². The van der Waals surface area contributed by atoms with Gasteiger partial charge in [-0.3, -0.25) is 4.79 Å². The van der Waals surface area contributed by atoms with Gasteiger partial charge in [0.15, 0.2) is 0 Å². The summed E-state index contributed by atoms with van der Waals surface area (Å²) in [4.78, 5) is 11.6. The third-order valence-electron chi connectivity index (χ3n) is 2.67. The number of carbonyl (C=O) groups is 1. The first-order valence-electron chi connectivity index (χ1n) is 6.13. The van der Waals surface area contributed by atoms with Gasteiger partial charge in [-0.05, 0) is 18.2 Å². The average molecular weight is 363 g/mol. The topological polar surface area (TPSA) is 75.3 Å². The Hall–Kier alpha value is -1.48. The molecule has 1 aromatic heterocycles. The lowest BCUT2D eigenvalue weighted by Gasteiger charge is -2.07. The second-order valence-corrected chi connectivity index (χ2v) is 7.96. The van der Waals surface area contributed by atoms with E-state index in [0.29, 0.717) is 9.90 Å². The molecule has 0 aliphatic carbocycles. The highest BCUT2D eigenvalue weighted by atomic mass is 35.5. The second kappa shape index (κ2) is 7.19. The van der Waals surface area contributed by atoms with Crippen LogP contribution in [0.1, 0.15) is 5.56 Å². The first-order chi connectivity index (χ1) is 10.4. The summed E-state index contributed by atoms with van der Waals surface area (Å²) in [6, 6.07) is 8.82. The first-order valence-corrected chi connectivity index (χ1v) is 8.81. The van der Waals surface area contributed by atoms with Crippen LogP contribution in [0.25, 0.3) is 0 Å². The molecular weight excluding hydrogens is 351 g/mol. The van der Waals surface area contributed by atoms with E-state index < -0.39 is 28.3 Å². The third kappa shape index (κ3) is 4.51. The predicted octanol–water partition coefficient (Wildman–Crippen LogP) is 2.14. The van der Waals surface area contributed by atoms with E-state index in [1.807, 2.05) is 0 Å². The lowest BCUT2D eigenvalue weighted by molar-refractivity contribution is -0.120. The highest BCUT2D eigenvalue weighted by molar-refractivity contribution is 7.91. The zero-order chi connectivity index (χ0) is 16.2. The Kier molecular flexibility index (Phi) is 5.52. The van der Waals surface area contributed by atoms with E-state index in [9.17, 15) is 17.6 Å². The quantitative estimate of drug-likeness (QED) is 0.826. The number of benzene rings is 1. The summed E-state index contributed by atoms with van der Waals surface area (Å²) in [6.07, 6.45) is 0. The van der Waals surface area contributed by atoms with E-state index in [0.717, 1.165) is 11.3 Å². The lowest BCUT2D eigenvalue weighted by Crippen LogP contribution is -2.36. The Morgan fingerprint density at radius 3 is 2.59 bits per heavy atom.